The average Bonchev–Trinajstić information content (AvgIpc) is 3.24. The highest BCUT2D eigenvalue weighted by atomic mass is 16.5. The van der Waals surface area contributed by atoms with Crippen LogP contribution >= 0.6 is 0 Å². The second kappa shape index (κ2) is 9.57. The normalized spacial score (nSPS) is 16.6. The van der Waals surface area contributed by atoms with E-state index in [2.05, 4.69) is 10.4 Å². The number of amides is 1. The van der Waals surface area contributed by atoms with Crippen LogP contribution in [0, 0.1) is 0 Å². The highest BCUT2D eigenvalue weighted by Gasteiger charge is 2.23. The van der Waals surface area contributed by atoms with E-state index in [1.54, 1.807) is 44.4 Å². The third-order valence-electron chi connectivity index (χ3n) is 4.92. The summed E-state index contributed by atoms with van der Waals surface area (Å²) in [5.41, 5.74) is 1.12. The van der Waals surface area contributed by atoms with Crippen LogP contribution in [0.1, 0.15) is 29.4 Å². The molecule has 0 saturated carbocycles. The highest BCUT2D eigenvalue weighted by molar-refractivity contribution is 6.04. The molecule has 0 spiro atoms. The standard InChI is InChI=1S/C20H28N4O4/c1-26-12-11-23(15-6-7-18(27-2)19(13-15)28-3)20(25)17-8-10-24(22-17)16-5-4-9-21-14-16/h6-8,10,13,16,21H,4-5,9,11-12,14H2,1-3H3. The maximum absolute atomic E-state index is 13.2. The molecule has 1 aliphatic rings. The number of nitrogens with one attached hydrogen (secondary N) is 1. The lowest BCUT2D eigenvalue weighted by Gasteiger charge is -2.24. The first-order valence-electron chi connectivity index (χ1n) is 9.46. The zero-order chi connectivity index (χ0) is 19.9. The summed E-state index contributed by atoms with van der Waals surface area (Å²) < 4.78 is 17.8. The summed E-state index contributed by atoms with van der Waals surface area (Å²) >= 11 is 0. The molecule has 1 N–H and O–H groups in total. The van der Waals surface area contributed by atoms with E-state index in [4.69, 9.17) is 14.2 Å². The van der Waals surface area contributed by atoms with E-state index >= 15 is 0 Å². The van der Waals surface area contributed by atoms with Gasteiger partial charge in [-0.2, -0.15) is 5.10 Å². The van der Waals surface area contributed by atoms with E-state index in [0.29, 0.717) is 36.0 Å². The molecule has 1 amide bonds. The number of benzene rings is 1. The summed E-state index contributed by atoms with van der Waals surface area (Å²) in [4.78, 5) is 14.9. The van der Waals surface area contributed by atoms with Gasteiger partial charge in [0.2, 0.25) is 0 Å². The molecule has 0 bridgehead atoms. The first kappa shape index (κ1) is 20.2. The van der Waals surface area contributed by atoms with E-state index in [-0.39, 0.29) is 11.9 Å². The Labute approximate surface area is 165 Å². The molecule has 0 radical (unpaired) electrons. The number of piperidine rings is 1. The van der Waals surface area contributed by atoms with Gasteiger partial charge >= 0.3 is 0 Å². The molecule has 1 unspecified atom stereocenters. The fourth-order valence-electron chi connectivity index (χ4n) is 3.38. The van der Waals surface area contributed by atoms with Crippen LogP contribution < -0.4 is 19.7 Å². The molecule has 1 aromatic carbocycles. The molecule has 1 fully saturated rings. The van der Waals surface area contributed by atoms with Gasteiger partial charge in [0.05, 0.1) is 26.9 Å². The van der Waals surface area contributed by atoms with Crippen LogP contribution in [-0.2, 0) is 4.74 Å². The summed E-state index contributed by atoms with van der Waals surface area (Å²) in [6.07, 6.45) is 4.05. The van der Waals surface area contributed by atoms with Crippen molar-refractivity contribution in [2.75, 3.05) is 52.5 Å². The molecule has 1 saturated heterocycles. The van der Waals surface area contributed by atoms with E-state index in [1.807, 2.05) is 16.9 Å². The summed E-state index contributed by atoms with van der Waals surface area (Å²) in [7, 11) is 4.77. The van der Waals surface area contributed by atoms with Gasteiger partial charge in [0.25, 0.3) is 5.91 Å². The average molecular weight is 388 g/mol. The van der Waals surface area contributed by atoms with Crippen LogP contribution in [0.2, 0.25) is 0 Å². The van der Waals surface area contributed by atoms with Crippen molar-refractivity contribution in [3.63, 3.8) is 0 Å². The number of carbonyl (C=O) groups is 1. The molecule has 2 aromatic rings. The van der Waals surface area contributed by atoms with E-state index < -0.39 is 0 Å². The Bertz CT molecular complexity index is 786. The van der Waals surface area contributed by atoms with Crippen molar-refractivity contribution in [2.45, 2.75) is 18.9 Å². The molecule has 2 heterocycles. The van der Waals surface area contributed by atoms with Crippen LogP contribution in [0.4, 0.5) is 5.69 Å². The van der Waals surface area contributed by atoms with Gasteiger partial charge in [-0.25, -0.2) is 0 Å². The predicted octanol–water partition coefficient (Wildman–Crippen LogP) is 2.12. The summed E-state index contributed by atoms with van der Waals surface area (Å²) in [5.74, 6) is 1.00. The molecule has 1 atom stereocenters. The Kier molecular flexibility index (Phi) is 6.89. The number of hydrogen-bond donors (Lipinski definition) is 1. The number of hydrogen-bond acceptors (Lipinski definition) is 6. The fourth-order valence-corrected chi connectivity index (χ4v) is 3.38. The number of aromatic nitrogens is 2. The van der Waals surface area contributed by atoms with Crippen LogP contribution in [-0.4, -0.2) is 63.3 Å². The molecule has 1 aromatic heterocycles. The zero-order valence-electron chi connectivity index (χ0n) is 16.7. The highest BCUT2D eigenvalue weighted by Crippen LogP contribution is 2.32. The van der Waals surface area contributed by atoms with Crippen molar-refractivity contribution >= 4 is 11.6 Å². The topological polar surface area (TPSA) is 77.9 Å². The number of ether oxygens (including phenoxy) is 3. The minimum atomic E-state index is -0.174. The smallest absolute Gasteiger partial charge is 0.278 e. The first-order valence-corrected chi connectivity index (χ1v) is 9.46. The quantitative estimate of drug-likeness (QED) is 0.746. The lowest BCUT2D eigenvalue weighted by Crippen LogP contribution is -2.35. The molecular formula is C20H28N4O4. The summed E-state index contributed by atoms with van der Waals surface area (Å²) in [5, 5.41) is 7.93. The molecule has 8 nitrogen and oxygen atoms in total. The number of rotatable bonds is 8. The van der Waals surface area contributed by atoms with Crippen LogP contribution in [0.15, 0.2) is 30.5 Å². The van der Waals surface area contributed by atoms with Crippen molar-refractivity contribution in [2.24, 2.45) is 0 Å². The van der Waals surface area contributed by atoms with E-state index in [1.165, 1.54) is 0 Å². The van der Waals surface area contributed by atoms with Crippen LogP contribution in [0.5, 0.6) is 11.5 Å². The molecule has 1 aliphatic heterocycles. The van der Waals surface area contributed by atoms with Gasteiger partial charge < -0.3 is 24.4 Å². The zero-order valence-corrected chi connectivity index (χ0v) is 16.7. The van der Waals surface area contributed by atoms with Gasteiger partial charge in [-0.05, 0) is 37.6 Å². The third kappa shape index (κ3) is 4.45. The predicted molar refractivity (Wildman–Crippen MR) is 106 cm³/mol. The molecule has 8 heteroatoms. The summed E-state index contributed by atoms with van der Waals surface area (Å²) in [6, 6.07) is 7.46. The Morgan fingerprint density at radius 3 is 2.75 bits per heavy atom. The van der Waals surface area contributed by atoms with Gasteiger partial charge in [-0.1, -0.05) is 0 Å². The summed E-state index contributed by atoms with van der Waals surface area (Å²) in [6.45, 7) is 2.72. The Balaban J connectivity index is 1.85. The lowest BCUT2D eigenvalue weighted by molar-refractivity contribution is 0.0969. The number of nitrogens with zero attached hydrogens (tertiary/aromatic N) is 3. The van der Waals surface area contributed by atoms with E-state index in [9.17, 15) is 4.79 Å². The van der Waals surface area contributed by atoms with Gasteiger partial charge in [-0.3, -0.25) is 9.48 Å². The Morgan fingerprint density at radius 1 is 1.25 bits per heavy atom. The largest absolute Gasteiger partial charge is 0.493 e. The van der Waals surface area contributed by atoms with Crippen molar-refractivity contribution in [3.8, 4) is 11.5 Å². The maximum atomic E-state index is 13.2. The maximum Gasteiger partial charge on any atom is 0.278 e. The lowest BCUT2D eigenvalue weighted by atomic mass is 10.1. The van der Waals surface area contributed by atoms with Gasteiger partial charge in [0.15, 0.2) is 17.2 Å². The molecule has 28 heavy (non-hydrogen) atoms. The van der Waals surface area contributed by atoms with Gasteiger partial charge in [-0.15, -0.1) is 0 Å². The van der Waals surface area contributed by atoms with Crippen LogP contribution in [0.3, 0.4) is 0 Å². The number of anilines is 1. The fraction of sp³-hybridized carbons (Fsp3) is 0.500. The van der Waals surface area contributed by atoms with Crippen molar-refractivity contribution < 1.29 is 19.0 Å². The second-order valence-corrected chi connectivity index (χ2v) is 6.67. The second-order valence-electron chi connectivity index (χ2n) is 6.67. The molecular weight excluding hydrogens is 360 g/mol. The number of methoxy groups -OCH3 is 3. The van der Waals surface area contributed by atoms with Gasteiger partial charge in [0.1, 0.15) is 0 Å². The Morgan fingerprint density at radius 2 is 2.07 bits per heavy atom. The van der Waals surface area contributed by atoms with Crippen LogP contribution in [0.25, 0.3) is 0 Å². The minimum Gasteiger partial charge on any atom is -0.493 e. The van der Waals surface area contributed by atoms with Gasteiger partial charge in [0, 0.05) is 38.1 Å². The molecule has 0 aliphatic carbocycles. The van der Waals surface area contributed by atoms with Crippen molar-refractivity contribution in [1.29, 1.82) is 0 Å². The van der Waals surface area contributed by atoms with E-state index in [0.717, 1.165) is 25.9 Å². The first-order chi connectivity index (χ1) is 13.7. The van der Waals surface area contributed by atoms with Crippen molar-refractivity contribution in [1.82, 2.24) is 15.1 Å². The van der Waals surface area contributed by atoms with Crippen molar-refractivity contribution in [3.05, 3.63) is 36.2 Å². The molecule has 152 valence electrons. The SMILES string of the molecule is COCCN(C(=O)c1ccn(C2CCCNC2)n1)c1ccc(OC)c(OC)c1. The monoisotopic (exact) mass is 388 g/mol. The third-order valence-corrected chi connectivity index (χ3v) is 4.92. The number of carbonyl (C=O) groups excluding carboxylic acids is 1. The Hall–Kier alpha value is -2.58. The minimum absolute atomic E-state index is 0.174. The molecule has 3 rings (SSSR count).